The van der Waals surface area contributed by atoms with Gasteiger partial charge in [-0.2, -0.15) is 0 Å². The molecule has 2 aliphatic rings. The van der Waals surface area contributed by atoms with Crippen LogP contribution in [0.5, 0.6) is 0 Å². The first kappa shape index (κ1) is 19.8. The molecule has 24 heavy (non-hydrogen) atoms. The van der Waals surface area contributed by atoms with E-state index in [-0.39, 0.29) is 27.8 Å². The third-order valence-corrected chi connectivity index (χ3v) is 6.39. The molecular weight excluding hydrogens is 296 g/mol. The van der Waals surface area contributed by atoms with Crippen molar-refractivity contribution >= 4 is 5.97 Å². The Hall–Kier alpha value is -0.530. The Morgan fingerprint density at radius 3 is 1.67 bits per heavy atom. The molecule has 0 radical (unpaired) electrons. The van der Waals surface area contributed by atoms with Gasteiger partial charge in [-0.15, -0.1) is 0 Å². The fourth-order valence-corrected chi connectivity index (χ4v) is 4.77. The normalized spacial score (nSPS) is 30.4. The minimum Gasteiger partial charge on any atom is -0.459 e. The highest BCUT2D eigenvalue weighted by Gasteiger charge is 2.68. The number of hydrogen-bond donors (Lipinski definition) is 0. The van der Waals surface area contributed by atoms with Crippen LogP contribution >= 0.6 is 0 Å². The molecule has 0 N–H and O–H groups in total. The molecule has 2 aliphatic carbocycles. The third-order valence-electron chi connectivity index (χ3n) is 6.39. The van der Waals surface area contributed by atoms with Crippen molar-refractivity contribution in [3.05, 3.63) is 0 Å². The molecule has 0 saturated heterocycles. The van der Waals surface area contributed by atoms with Crippen LogP contribution in [0.4, 0.5) is 0 Å². The van der Waals surface area contributed by atoms with Gasteiger partial charge in [0.25, 0.3) is 0 Å². The smallest absolute Gasteiger partial charge is 0.313 e. The van der Waals surface area contributed by atoms with Crippen LogP contribution in [0, 0.1) is 16.2 Å². The van der Waals surface area contributed by atoms with Crippen LogP contribution in [0.15, 0.2) is 0 Å². The molecule has 0 aliphatic heterocycles. The average Bonchev–Trinajstić information content (AvgIpc) is 2.97. The van der Waals surface area contributed by atoms with Gasteiger partial charge in [-0.25, -0.2) is 0 Å². The van der Waals surface area contributed by atoms with E-state index in [9.17, 15) is 4.79 Å². The highest BCUT2D eigenvalue weighted by molar-refractivity contribution is 5.82. The Bertz CT molecular complexity index is 433. The van der Waals surface area contributed by atoms with Crippen molar-refractivity contribution in [3.8, 4) is 0 Å². The second-order valence-corrected chi connectivity index (χ2v) is 10.7. The van der Waals surface area contributed by atoms with Gasteiger partial charge in [0, 0.05) is 0 Å². The summed E-state index contributed by atoms with van der Waals surface area (Å²) in [5, 5.41) is 0. The second-order valence-electron chi connectivity index (χ2n) is 10.7. The van der Waals surface area contributed by atoms with Crippen LogP contribution in [0.1, 0.15) is 112 Å². The molecule has 1 atom stereocenters. The first-order chi connectivity index (χ1) is 11.0. The summed E-state index contributed by atoms with van der Waals surface area (Å²) in [5.74, 6) is 0.0852. The van der Waals surface area contributed by atoms with Gasteiger partial charge in [0.1, 0.15) is 5.60 Å². The van der Waals surface area contributed by atoms with Crippen molar-refractivity contribution in [2.24, 2.45) is 16.2 Å². The number of hydrogen-bond acceptors (Lipinski definition) is 2. The molecule has 2 fully saturated rings. The summed E-state index contributed by atoms with van der Waals surface area (Å²) < 4.78 is 6.28. The third kappa shape index (κ3) is 4.76. The first-order valence-corrected chi connectivity index (χ1v) is 10.2. The van der Waals surface area contributed by atoms with Crippen LogP contribution in [0.2, 0.25) is 0 Å². The van der Waals surface area contributed by atoms with E-state index in [0.717, 1.165) is 25.7 Å². The van der Waals surface area contributed by atoms with Crippen molar-refractivity contribution < 1.29 is 9.53 Å². The molecule has 0 aromatic heterocycles. The van der Waals surface area contributed by atoms with Gasteiger partial charge in [0.2, 0.25) is 0 Å². The van der Waals surface area contributed by atoms with Crippen LogP contribution < -0.4 is 0 Å². The average molecular weight is 337 g/mol. The van der Waals surface area contributed by atoms with Gasteiger partial charge >= 0.3 is 5.97 Å². The van der Waals surface area contributed by atoms with Crippen molar-refractivity contribution in [2.75, 3.05) is 0 Å². The van der Waals surface area contributed by atoms with Crippen molar-refractivity contribution in [2.45, 2.75) is 118 Å². The summed E-state index contributed by atoms with van der Waals surface area (Å²) in [6, 6.07) is 0. The quantitative estimate of drug-likeness (QED) is 0.538. The van der Waals surface area contributed by atoms with Gasteiger partial charge in [-0.3, -0.25) is 4.79 Å². The molecule has 2 rings (SSSR count). The minimum atomic E-state index is -0.260. The van der Waals surface area contributed by atoms with Crippen LogP contribution in [-0.4, -0.2) is 11.6 Å². The molecule has 0 aromatic carbocycles. The predicted octanol–water partition coefficient (Wildman–Crippen LogP) is 6.67. The van der Waals surface area contributed by atoms with E-state index in [1.807, 2.05) is 0 Å². The molecule has 0 aromatic rings. The largest absolute Gasteiger partial charge is 0.459 e. The minimum absolute atomic E-state index is 0.0852. The van der Waals surface area contributed by atoms with Gasteiger partial charge < -0.3 is 4.74 Å². The SMILES string of the molecule is CC(C)(C)CC1(C(=O)OC2(C)CCCCCCCCC2)CC1(C)C. The maximum atomic E-state index is 13.2. The lowest BCUT2D eigenvalue weighted by Gasteiger charge is -2.35. The number of rotatable bonds is 3. The lowest BCUT2D eigenvalue weighted by Crippen LogP contribution is -2.38. The standard InChI is InChI=1S/C22H40O2/c1-19(2,3)16-22(17-20(22,4)5)18(23)24-21(6)14-12-10-8-7-9-11-13-15-21/h7-17H2,1-6H3. The Morgan fingerprint density at radius 2 is 1.29 bits per heavy atom. The van der Waals surface area contributed by atoms with E-state index in [1.165, 1.54) is 44.9 Å². The zero-order chi connectivity index (χ0) is 18.1. The summed E-state index contributed by atoms with van der Waals surface area (Å²) >= 11 is 0. The van der Waals surface area contributed by atoms with Gasteiger partial charge in [0.15, 0.2) is 0 Å². The maximum Gasteiger partial charge on any atom is 0.313 e. The zero-order valence-corrected chi connectivity index (χ0v) is 17.1. The predicted molar refractivity (Wildman–Crippen MR) is 101 cm³/mol. The summed E-state index contributed by atoms with van der Waals surface area (Å²) in [6.45, 7) is 13.4. The Balaban J connectivity index is 2.07. The summed E-state index contributed by atoms with van der Waals surface area (Å²) in [6.07, 6.45) is 13.0. The van der Waals surface area contributed by atoms with Crippen LogP contribution in [0.3, 0.4) is 0 Å². The molecular formula is C22H40O2. The van der Waals surface area contributed by atoms with Crippen molar-refractivity contribution in [1.29, 1.82) is 0 Å². The van der Waals surface area contributed by atoms with Gasteiger partial charge in [-0.05, 0) is 56.3 Å². The van der Waals surface area contributed by atoms with Crippen molar-refractivity contribution in [3.63, 3.8) is 0 Å². The number of carbonyl (C=O) groups is 1. The molecule has 140 valence electrons. The van der Waals surface area contributed by atoms with E-state index >= 15 is 0 Å². The molecule has 1 unspecified atom stereocenters. The zero-order valence-electron chi connectivity index (χ0n) is 17.1. The number of carbonyl (C=O) groups excluding carboxylic acids is 1. The Morgan fingerprint density at radius 1 is 0.875 bits per heavy atom. The summed E-state index contributed by atoms with van der Waals surface area (Å²) in [5.41, 5.74) is -0.269. The number of esters is 1. The maximum absolute atomic E-state index is 13.2. The van der Waals surface area contributed by atoms with Gasteiger partial charge in [-0.1, -0.05) is 66.7 Å². The molecule has 0 spiro atoms. The Labute approximate surface area is 150 Å². The monoisotopic (exact) mass is 336 g/mol. The highest BCUT2D eigenvalue weighted by Crippen LogP contribution is 2.68. The van der Waals surface area contributed by atoms with Gasteiger partial charge in [0.05, 0.1) is 5.41 Å². The van der Waals surface area contributed by atoms with E-state index in [1.54, 1.807) is 0 Å². The Kier molecular flexibility index (Phi) is 5.77. The van der Waals surface area contributed by atoms with Crippen LogP contribution in [-0.2, 0) is 9.53 Å². The van der Waals surface area contributed by atoms with E-state index in [2.05, 4.69) is 41.5 Å². The highest BCUT2D eigenvalue weighted by atomic mass is 16.6. The van der Waals surface area contributed by atoms with E-state index < -0.39 is 0 Å². The summed E-state index contributed by atoms with van der Waals surface area (Å²) in [4.78, 5) is 13.2. The molecule has 2 saturated carbocycles. The molecule has 0 amide bonds. The number of ether oxygens (including phenoxy) is 1. The fourth-order valence-electron chi connectivity index (χ4n) is 4.77. The fraction of sp³-hybridized carbons (Fsp3) is 0.955. The molecule has 0 heterocycles. The summed E-state index contributed by atoms with van der Waals surface area (Å²) in [7, 11) is 0. The van der Waals surface area contributed by atoms with E-state index in [0.29, 0.717) is 0 Å². The van der Waals surface area contributed by atoms with E-state index in [4.69, 9.17) is 4.74 Å². The molecule has 2 nitrogen and oxygen atoms in total. The van der Waals surface area contributed by atoms with Crippen molar-refractivity contribution in [1.82, 2.24) is 0 Å². The molecule has 0 bridgehead atoms. The lowest BCUT2D eigenvalue weighted by molar-refractivity contribution is -0.170. The van der Waals surface area contributed by atoms with Crippen LogP contribution in [0.25, 0.3) is 0 Å². The lowest BCUT2D eigenvalue weighted by atomic mass is 9.78. The first-order valence-electron chi connectivity index (χ1n) is 10.2. The molecule has 2 heteroatoms. The second kappa shape index (κ2) is 7.00. The topological polar surface area (TPSA) is 26.3 Å².